The Balaban J connectivity index is 0.00000256. The minimum atomic E-state index is 0. The Morgan fingerprint density at radius 1 is 1.00 bits per heavy atom. The summed E-state index contributed by atoms with van der Waals surface area (Å²) in [5.74, 6) is 3.14. The van der Waals surface area contributed by atoms with Gasteiger partial charge in [-0.05, 0) is 25.2 Å². The first kappa shape index (κ1) is 24.0. The number of carbonyl (C=O) groups excluding carboxylic acids is 1. The fourth-order valence-electron chi connectivity index (χ4n) is 5.24. The third-order valence-corrected chi connectivity index (χ3v) is 7.11. The molecule has 2 saturated heterocycles. The van der Waals surface area contributed by atoms with Crippen LogP contribution in [-0.2, 0) is 9.53 Å². The summed E-state index contributed by atoms with van der Waals surface area (Å²) in [5.41, 5.74) is 0. The number of nitrogens with zero attached hydrogens (tertiary/aromatic N) is 4. The lowest BCUT2D eigenvalue weighted by atomic mass is 9.85. The SMILES string of the molecule is CCN=C(NC1CC1C1CCCCC1)N1CCN(CC(=O)N2CCOCC2)CC1.I. The second-order valence-corrected chi connectivity index (χ2v) is 9.10. The third-order valence-electron chi connectivity index (χ3n) is 7.11. The maximum absolute atomic E-state index is 12.5. The molecule has 172 valence electrons. The second kappa shape index (κ2) is 11.9. The van der Waals surface area contributed by atoms with E-state index in [0.29, 0.717) is 25.8 Å². The Morgan fingerprint density at radius 2 is 1.70 bits per heavy atom. The van der Waals surface area contributed by atoms with Gasteiger partial charge in [-0.25, -0.2) is 0 Å². The van der Waals surface area contributed by atoms with Crippen molar-refractivity contribution in [2.75, 3.05) is 65.6 Å². The van der Waals surface area contributed by atoms with Crippen LogP contribution in [0, 0.1) is 11.8 Å². The van der Waals surface area contributed by atoms with Gasteiger partial charge in [0.15, 0.2) is 5.96 Å². The lowest BCUT2D eigenvalue weighted by Crippen LogP contribution is -2.55. The molecule has 30 heavy (non-hydrogen) atoms. The van der Waals surface area contributed by atoms with Gasteiger partial charge >= 0.3 is 0 Å². The normalized spacial score (nSPS) is 28.8. The molecule has 2 unspecified atom stereocenters. The monoisotopic (exact) mass is 533 g/mol. The van der Waals surface area contributed by atoms with E-state index in [0.717, 1.165) is 63.6 Å². The first-order valence-corrected chi connectivity index (χ1v) is 11.9. The summed E-state index contributed by atoms with van der Waals surface area (Å²) in [4.78, 5) is 23.9. The first-order valence-electron chi connectivity index (χ1n) is 11.9. The van der Waals surface area contributed by atoms with Crippen molar-refractivity contribution in [3.05, 3.63) is 0 Å². The van der Waals surface area contributed by atoms with Gasteiger partial charge in [-0.3, -0.25) is 14.7 Å². The van der Waals surface area contributed by atoms with E-state index in [1.165, 1.54) is 38.5 Å². The number of rotatable bonds is 5. The lowest BCUT2D eigenvalue weighted by molar-refractivity contribution is -0.136. The van der Waals surface area contributed by atoms with Crippen molar-refractivity contribution in [3.63, 3.8) is 0 Å². The maximum Gasteiger partial charge on any atom is 0.236 e. The van der Waals surface area contributed by atoms with Crippen LogP contribution in [-0.4, -0.2) is 98.2 Å². The quantitative estimate of drug-likeness (QED) is 0.333. The number of ether oxygens (including phenoxy) is 1. The van der Waals surface area contributed by atoms with Gasteiger partial charge in [-0.2, -0.15) is 0 Å². The molecule has 0 aromatic heterocycles. The van der Waals surface area contributed by atoms with Crippen LogP contribution < -0.4 is 5.32 Å². The molecule has 2 aliphatic heterocycles. The van der Waals surface area contributed by atoms with E-state index < -0.39 is 0 Å². The average Bonchev–Trinajstić information content (AvgIpc) is 3.54. The third kappa shape index (κ3) is 6.45. The van der Waals surface area contributed by atoms with Gasteiger partial charge in [-0.15, -0.1) is 24.0 Å². The average molecular weight is 533 g/mol. The summed E-state index contributed by atoms with van der Waals surface area (Å²) in [7, 11) is 0. The smallest absolute Gasteiger partial charge is 0.236 e. The van der Waals surface area contributed by atoms with Gasteiger partial charge in [-0.1, -0.05) is 32.1 Å². The number of nitrogens with one attached hydrogen (secondary N) is 1. The number of hydrogen-bond donors (Lipinski definition) is 1. The van der Waals surface area contributed by atoms with Crippen LogP contribution in [0.15, 0.2) is 4.99 Å². The number of hydrogen-bond acceptors (Lipinski definition) is 4. The molecule has 7 nitrogen and oxygen atoms in total. The molecule has 4 fully saturated rings. The molecule has 0 aromatic rings. The van der Waals surface area contributed by atoms with Gasteiger partial charge < -0.3 is 19.9 Å². The number of piperazine rings is 1. The van der Waals surface area contributed by atoms with E-state index in [-0.39, 0.29) is 29.9 Å². The maximum atomic E-state index is 12.5. The molecule has 8 heteroatoms. The van der Waals surface area contributed by atoms with Crippen molar-refractivity contribution in [1.29, 1.82) is 0 Å². The standard InChI is InChI=1S/C22H39N5O2.HI/c1-2-23-22(24-20-16-19(20)18-6-4-3-5-7-18)27-10-8-25(9-11-27)17-21(28)26-12-14-29-15-13-26;/h18-20H,2-17H2,1H3,(H,23,24);1H. The van der Waals surface area contributed by atoms with E-state index in [9.17, 15) is 4.79 Å². The molecule has 0 aromatic carbocycles. The highest BCUT2D eigenvalue weighted by atomic mass is 127. The molecule has 0 spiro atoms. The summed E-state index contributed by atoms with van der Waals surface area (Å²) < 4.78 is 5.35. The highest BCUT2D eigenvalue weighted by Crippen LogP contribution is 2.44. The van der Waals surface area contributed by atoms with Crippen LogP contribution in [0.5, 0.6) is 0 Å². The van der Waals surface area contributed by atoms with Crippen LogP contribution in [0.2, 0.25) is 0 Å². The highest BCUT2D eigenvalue weighted by Gasteiger charge is 2.44. The van der Waals surface area contributed by atoms with Crippen LogP contribution in [0.1, 0.15) is 45.4 Å². The summed E-state index contributed by atoms with van der Waals surface area (Å²) in [6.45, 7) is 10.0. The highest BCUT2D eigenvalue weighted by molar-refractivity contribution is 14.0. The van der Waals surface area contributed by atoms with E-state index in [4.69, 9.17) is 9.73 Å². The molecular weight excluding hydrogens is 493 g/mol. The van der Waals surface area contributed by atoms with Crippen molar-refractivity contribution < 1.29 is 9.53 Å². The summed E-state index contributed by atoms with van der Waals surface area (Å²) in [5, 5.41) is 3.78. The zero-order valence-electron chi connectivity index (χ0n) is 18.6. The zero-order valence-corrected chi connectivity index (χ0v) is 20.9. The van der Waals surface area contributed by atoms with Crippen LogP contribution in [0.25, 0.3) is 0 Å². The van der Waals surface area contributed by atoms with Crippen molar-refractivity contribution >= 4 is 35.8 Å². The van der Waals surface area contributed by atoms with Gasteiger partial charge in [0.1, 0.15) is 0 Å². The van der Waals surface area contributed by atoms with Gasteiger partial charge in [0.25, 0.3) is 0 Å². The predicted octanol–water partition coefficient (Wildman–Crippen LogP) is 2.02. The van der Waals surface area contributed by atoms with E-state index >= 15 is 0 Å². The Labute approximate surface area is 199 Å². The minimum absolute atomic E-state index is 0. The lowest BCUT2D eigenvalue weighted by Gasteiger charge is -2.37. The number of morpholine rings is 1. The molecule has 4 rings (SSSR count). The number of guanidine groups is 1. The Kier molecular flexibility index (Phi) is 9.50. The Bertz CT molecular complexity index is 570. The number of amides is 1. The van der Waals surface area contributed by atoms with Crippen LogP contribution in [0.4, 0.5) is 0 Å². The number of carbonyl (C=O) groups is 1. The molecule has 0 radical (unpaired) electrons. The van der Waals surface area contributed by atoms with Gasteiger partial charge in [0.2, 0.25) is 5.91 Å². The molecule has 1 amide bonds. The Morgan fingerprint density at radius 3 is 2.37 bits per heavy atom. The molecule has 0 bridgehead atoms. The van der Waals surface area contributed by atoms with E-state index in [2.05, 4.69) is 22.0 Å². The molecule has 2 heterocycles. The van der Waals surface area contributed by atoms with E-state index in [1.807, 2.05) is 4.90 Å². The molecule has 2 saturated carbocycles. The number of halogens is 1. The number of aliphatic imine (C=N–C) groups is 1. The van der Waals surface area contributed by atoms with Crippen molar-refractivity contribution in [2.45, 2.75) is 51.5 Å². The first-order chi connectivity index (χ1) is 14.2. The fourth-order valence-corrected chi connectivity index (χ4v) is 5.24. The summed E-state index contributed by atoms with van der Waals surface area (Å²) in [6.07, 6.45) is 8.46. The van der Waals surface area contributed by atoms with Crippen molar-refractivity contribution in [2.24, 2.45) is 16.8 Å². The summed E-state index contributed by atoms with van der Waals surface area (Å²) >= 11 is 0. The van der Waals surface area contributed by atoms with Crippen LogP contribution >= 0.6 is 24.0 Å². The molecule has 1 N–H and O–H groups in total. The van der Waals surface area contributed by atoms with Gasteiger partial charge in [0.05, 0.1) is 19.8 Å². The summed E-state index contributed by atoms with van der Waals surface area (Å²) in [6, 6.07) is 0.629. The zero-order chi connectivity index (χ0) is 20.1. The molecular formula is C22H40IN5O2. The predicted molar refractivity (Wildman–Crippen MR) is 130 cm³/mol. The van der Waals surface area contributed by atoms with Crippen molar-refractivity contribution in [3.8, 4) is 0 Å². The molecule has 4 aliphatic rings. The molecule has 2 atom stereocenters. The largest absolute Gasteiger partial charge is 0.378 e. The van der Waals surface area contributed by atoms with Crippen LogP contribution in [0.3, 0.4) is 0 Å². The van der Waals surface area contributed by atoms with Gasteiger partial charge in [0, 0.05) is 51.9 Å². The Hall–Kier alpha value is -0.610. The minimum Gasteiger partial charge on any atom is -0.378 e. The van der Waals surface area contributed by atoms with Crippen molar-refractivity contribution in [1.82, 2.24) is 20.0 Å². The fraction of sp³-hybridized carbons (Fsp3) is 0.909. The topological polar surface area (TPSA) is 60.4 Å². The molecule has 2 aliphatic carbocycles. The second-order valence-electron chi connectivity index (χ2n) is 9.10. The van der Waals surface area contributed by atoms with E-state index in [1.54, 1.807) is 0 Å².